The molecule has 0 bridgehead atoms. The van der Waals surface area contributed by atoms with E-state index in [0.29, 0.717) is 18.2 Å². The molecule has 0 radical (unpaired) electrons. The van der Waals surface area contributed by atoms with Gasteiger partial charge in [0.1, 0.15) is 5.75 Å². The van der Waals surface area contributed by atoms with Crippen LogP contribution in [0.2, 0.25) is 0 Å². The summed E-state index contributed by atoms with van der Waals surface area (Å²) < 4.78 is 135. The van der Waals surface area contributed by atoms with Gasteiger partial charge in [0, 0.05) is 15.6 Å². The van der Waals surface area contributed by atoms with Crippen molar-refractivity contribution >= 4 is 15.9 Å². The van der Waals surface area contributed by atoms with Crippen molar-refractivity contribution in [2.24, 2.45) is 0 Å². The highest BCUT2D eigenvalue weighted by molar-refractivity contribution is 9.10. The Hall–Kier alpha value is -1.98. The zero-order valence-corrected chi connectivity index (χ0v) is 16.3. The van der Waals surface area contributed by atoms with Crippen molar-refractivity contribution in [3.8, 4) is 16.9 Å². The molecule has 2 rings (SSSR count). The second kappa shape index (κ2) is 7.93. The third-order valence-electron chi connectivity index (χ3n) is 4.09. The summed E-state index contributed by atoms with van der Waals surface area (Å²) in [6.07, 6.45) is -17.8. The van der Waals surface area contributed by atoms with E-state index in [2.05, 4.69) is 20.7 Å². The minimum Gasteiger partial charge on any atom is -0.406 e. The molecule has 0 spiro atoms. The maximum Gasteiger partial charge on any atom is 0.573 e. The van der Waals surface area contributed by atoms with Crippen molar-refractivity contribution < 1.29 is 48.6 Å². The van der Waals surface area contributed by atoms with Crippen LogP contribution in [0, 0.1) is 0 Å². The van der Waals surface area contributed by atoms with E-state index in [1.165, 1.54) is 13.0 Å². The molecule has 2 aromatic rings. The number of alkyl halides is 10. The van der Waals surface area contributed by atoms with Crippen molar-refractivity contribution in [2.75, 3.05) is 0 Å². The van der Waals surface area contributed by atoms with Crippen LogP contribution in [0.25, 0.3) is 11.1 Å². The van der Waals surface area contributed by atoms with Gasteiger partial charge in [0.05, 0.1) is 0 Å². The summed E-state index contributed by atoms with van der Waals surface area (Å²) >= 11 is 2.86. The molecule has 1 nitrogen and oxygen atoms in total. The van der Waals surface area contributed by atoms with Gasteiger partial charge < -0.3 is 4.74 Å². The lowest BCUT2D eigenvalue weighted by Gasteiger charge is -2.32. The minimum atomic E-state index is -6.36. The van der Waals surface area contributed by atoms with E-state index in [-0.39, 0.29) is 22.0 Å². The monoisotopic (exact) mass is 512 g/mol. The van der Waals surface area contributed by atoms with Crippen molar-refractivity contribution in [3.63, 3.8) is 0 Å². The number of hydrogen-bond acceptors (Lipinski definition) is 1. The lowest BCUT2D eigenvalue weighted by atomic mass is 9.85. The first-order valence-electron chi connectivity index (χ1n) is 8.02. The number of hydrogen-bond donors (Lipinski definition) is 0. The van der Waals surface area contributed by atoms with Crippen LogP contribution in [0.1, 0.15) is 18.1 Å². The smallest absolute Gasteiger partial charge is 0.406 e. The maximum absolute atomic E-state index is 14.8. The fourth-order valence-electron chi connectivity index (χ4n) is 2.72. The van der Waals surface area contributed by atoms with Crippen LogP contribution in [0.5, 0.6) is 5.75 Å². The molecule has 0 aromatic heterocycles. The maximum atomic E-state index is 14.8. The normalized spacial score (nSPS) is 13.5. The van der Waals surface area contributed by atoms with Gasteiger partial charge in [-0.15, -0.1) is 13.2 Å². The van der Waals surface area contributed by atoms with Crippen LogP contribution in [0.3, 0.4) is 0 Å². The molecule has 30 heavy (non-hydrogen) atoms. The van der Waals surface area contributed by atoms with Gasteiger partial charge in [-0.3, -0.25) is 0 Å². The Morgan fingerprint density at radius 2 is 1.30 bits per heavy atom. The molecule has 0 atom stereocenters. The summed E-state index contributed by atoms with van der Waals surface area (Å²) in [6, 6.07) is 4.61. The molecule has 0 amide bonds. The standard InChI is InChI=1S/C18H11BrF10O/c1-2-9-7-12(15(20,16(21,22)23)17(24,25)26)14(13(19)8-9)10-3-5-11(6-4-10)30-18(27,28)29/h3-8H,2H2,1H3. The minimum absolute atomic E-state index is 0.00393. The number of halogens is 11. The number of aryl methyl sites for hydroxylation is 1. The molecule has 0 aliphatic heterocycles. The molecule has 0 saturated carbocycles. The third-order valence-corrected chi connectivity index (χ3v) is 4.71. The average molecular weight is 513 g/mol. The Labute approximate surface area is 171 Å². The fourth-order valence-corrected chi connectivity index (χ4v) is 3.46. The molecule has 0 aliphatic rings. The highest BCUT2D eigenvalue weighted by Gasteiger charge is 2.74. The van der Waals surface area contributed by atoms with E-state index >= 15 is 0 Å². The molecular formula is C18H11BrF10O. The molecular weight excluding hydrogens is 502 g/mol. The van der Waals surface area contributed by atoms with E-state index in [0.717, 1.165) is 12.1 Å². The number of rotatable bonds is 4. The highest BCUT2D eigenvalue weighted by Crippen LogP contribution is 2.56. The van der Waals surface area contributed by atoms with Crippen LogP contribution < -0.4 is 4.74 Å². The summed E-state index contributed by atoms with van der Waals surface area (Å²) in [7, 11) is 0. The van der Waals surface area contributed by atoms with Gasteiger partial charge in [0.25, 0.3) is 0 Å². The molecule has 12 heteroatoms. The van der Waals surface area contributed by atoms with Crippen molar-refractivity contribution in [1.82, 2.24) is 0 Å². The van der Waals surface area contributed by atoms with E-state index < -0.39 is 41.3 Å². The van der Waals surface area contributed by atoms with Crippen LogP contribution in [-0.4, -0.2) is 18.7 Å². The Morgan fingerprint density at radius 3 is 1.70 bits per heavy atom. The van der Waals surface area contributed by atoms with E-state index in [4.69, 9.17) is 0 Å². The van der Waals surface area contributed by atoms with Gasteiger partial charge in [-0.2, -0.15) is 26.3 Å². The molecule has 166 valence electrons. The second-order valence-corrected chi connectivity index (χ2v) is 6.93. The highest BCUT2D eigenvalue weighted by atomic mass is 79.9. The van der Waals surface area contributed by atoms with Gasteiger partial charge in [-0.25, -0.2) is 4.39 Å². The Balaban J connectivity index is 2.78. The number of benzene rings is 2. The van der Waals surface area contributed by atoms with Crippen molar-refractivity contribution in [2.45, 2.75) is 37.7 Å². The third kappa shape index (κ3) is 4.68. The first-order chi connectivity index (χ1) is 13.5. The molecule has 0 heterocycles. The fraction of sp³-hybridized carbons (Fsp3) is 0.333. The predicted octanol–water partition coefficient (Wildman–Crippen LogP) is 7.87. The topological polar surface area (TPSA) is 9.23 Å². The largest absolute Gasteiger partial charge is 0.573 e. The molecule has 0 fully saturated rings. The molecule has 2 aromatic carbocycles. The summed E-state index contributed by atoms with van der Waals surface area (Å²) in [5, 5.41) is 0. The Morgan fingerprint density at radius 1 is 0.800 bits per heavy atom. The first-order valence-corrected chi connectivity index (χ1v) is 8.82. The Kier molecular flexibility index (Phi) is 6.42. The SMILES string of the molecule is CCc1cc(Br)c(-c2ccc(OC(F)(F)F)cc2)c(C(F)(C(F)(F)F)C(F)(F)F)c1. The lowest BCUT2D eigenvalue weighted by molar-refractivity contribution is -0.348. The van der Waals surface area contributed by atoms with Crippen molar-refractivity contribution in [3.05, 3.63) is 52.0 Å². The van der Waals surface area contributed by atoms with E-state index in [1.807, 2.05) is 0 Å². The molecule has 0 unspecified atom stereocenters. The van der Waals surface area contributed by atoms with Gasteiger partial charge in [-0.05, 0) is 35.7 Å². The first kappa shape index (κ1) is 24.3. The van der Waals surface area contributed by atoms with Crippen LogP contribution in [0.15, 0.2) is 40.9 Å². The summed E-state index contributed by atoms with van der Waals surface area (Å²) in [6.45, 7) is 1.44. The average Bonchev–Trinajstić information content (AvgIpc) is 2.58. The van der Waals surface area contributed by atoms with Gasteiger partial charge in [0.15, 0.2) is 0 Å². The van der Waals surface area contributed by atoms with Crippen molar-refractivity contribution in [1.29, 1.82) is 0 Å². The second-order valence-electron chi connectivity index (χ2n) is 6.08. The van der Waals surface area contributed by atoms with Gasteiger partial charge >= 0.3 is 24.4 Å². The van der Waals surface area contributed by atoms with Crippen LogP contribution in [-0.2, 0) is 12.1 Å². The van der Waals surface area contributed by atoms with E-state index in [1.54, 1.807) is 0 Å². The quantitative estimate of drug-likeness (QED) is 0.379. The summed E-state index contributed by atoms with van der Waals surface area (Å²) in [5.74, 6) is -0.757. The zero-order valence-electron chi connectivity index (χ0n) is 14.7. The molecule has 0 N–H and O–H groups in total. The van der Waals surface area contributed by atoms with E-state index in [9.17, 15) is 43.9 Å². The van der Waals surface area contributed by atoms with Gasteiger partial charge in [0.2, 0.25) is 0 Å². The predicted molar refractivity (Wildman–Crippen MR) is 90.5 cm³/mol. The van der Waals surface area contributed by atoms with Gasteiger partial charge in [-0.1, -0.05) is 41.1 Å². The summed E-state index contributed by atoms with van der Waals surface area (Å²) in [5.41, 5.74) is -8.65. The lowest BCUT2D eigenvalue weighted by Crippen LogP contribution is -2.50. The zero-order chi connectivity index (χ0) is 23.1. The van der Waals surface area contributed by atoms with Crippen LogP contribution >= 0.6 is 15.9 Å². The Bertz CT molecular complexity index is 883. The molecule has 0 saturated heterocycles. The summed E-state index contributed by atoms with van der Waals surface area (Å²) in [4.78, 5) is 0. The molecule has 0 aliphatic carbocycles. The van der Waals surface area contributed by atoms with Crippen LogP contribution in [0.4, 0.5) is 43.9 Å². The number of ether oxygens (including phenoxy) is 1.